The molecule has 0 radical (unpaired) electrons. The first-order chi connectivity index (χ1) is 16.7. The van der Waals surface area contributed by atoms with Crippen LogP contribution in [0.5, 0.6) is 28.7 Å². The van der Waals surface area contributed by atoms with Crippen molar-refractivity contribution in [3.05, 3.63) is 69.5 Å². The molecule has 1 atom stereocenters. The molecule has 1 aliphatic heterocycles. The average molecular weight is 480 g/mol. The zero-order valence-corrected chi connectivity index (χ0v) is 19.3. The number of aromatic nitrogens is 1. The molecule has 4 rings (SSSR count). The number of carboxylic acids is 1. The molecule has 5 N–H and O–H groups in total. The summed E-state index contributed by atoms with van der Waals surface area (Å²) in [6.07, 6.45) is 1.54. The number of aromatic carboxylic acids is 1. The van der Waals surface area contributed by atoms with Crippen LogP contribution in [0.1, 0.15) is 61.6 Å². The van der Waals surface area contributed by atoms with Gasteiger partial charge in [-0.15, -0.1) is 0 Å². The fraction of sp³-hybridized carbons (Fsp3) is 0.240. The van der Waals surface area contributed by atoms with Gasteiger partial charge in [0.15, 0.2) is 17.2 Å². The second-order valence-electron chi connectivity index (χ2n) is 7.98. The number of ether oxygens (including phenoxy) is 3. The van der Waals surface area contributed by atoms with E-state index in [1.807, 2.05) is 0 Å². The zero-order chi connectivity index (χ0) is 25.4. The molecule has 3 aromatic rings. The molecule has 2 aromatic carbocycles. The van der Waals surface area contributed by atoms with Crippen molar-refractivity contribution in [3.8, 4) is 28.7 Å². The Balaban J connectivity index is 2.02. The number of hydrogen-bond donors (Lipinski definition) is 4. The van der Waals surface area contributed by atoms with Gasteiger partial charge in [-0.2, -0.15) is 0 Å². The highest BCUT2D eigenvalue weighted by atomic mass is 16.6. The molecule has 10 nitrogen and oxygen atoms in total. The number of hydrogen-bond acceptors (Lipinski definition) is 9. The number of aryl methyl sites for hydroxylation is 1. The molecule has 10 heteroatoms. The van der Waals surface area contributed by atoms with Crippen LogP contribution >= 0.6 is 0 Å². The minimum atomic E-state index is -1.41. The third-order valence-corrected chi connectivity index (χ3v) is 5.80. The fourth-order valence-corrected chi connectivity index (χ4v) is 4.09. The van der Waals surface area contributed by atoms with E-state index in [1.54, 1.807) is 32.0 Å². The smallest absolute Gasteiger partial charge is 0.347 e. The Morgan fingerprint density at radius 1 is 1.17 bits per heavy atom. The number of esters is 1. The third kappa shape index (κ3) is 4.02. The van der Waals surface area contributed by atoms with E-state index in [1.165, 1.54) is 19.2 Å². The van der Waals surface area contributed by atoms with Crippen LogP contribution in [-0.2, 0) is 11.3 Å². The van der Waals surface area contributed by atoms with Gasteiger partial charge in [0.2, 0.25) is 0 Å². The first kappa shape index (κ1) is 24.0. The van der Waals surface area contributed by atoms with E-state index in [4.69, 9.17) is 19.9 Å². The predicted octanol–water partition coefficient (Wildman–Crippen LogP) is 3.72. The molecular formula is C25H24N2O8. The van der Waals surface area contributed by atoms with Gasteiger partial charge in [0.25, 0.3) is 0 Å². The van der Waals surface area contributed by atoms with Gasteiger partial charge in [-0.1, -0.05) is 6.07 Å². The van der Waals surface area contributed by atoms with Crippen molar-refractivity contribution in [2.75, 3.05) is 6.61 Å². The van der Waals surface area contributed by atoms with Crippen molar-refractivity contribution in [3.63, 3.8) is 0 Å². The number of phenolic OH excluding ortho intramolecular Hbond substituents is 1. The number of carbonyl (C=O) groups is 2. The number of fused-ring (bicyclic) bond motifs is 2. The average Bonchev–Trinajstić information content (AvgIpc) is 2.96. The molecule has 0 saturated carbocycles. The Kier molecular flexibility index (Phi) is 6.33. The van der Waals surface area contributed by atoms with Crippen molar-refractivity contribution in [1.82, 2.24) is 4.98 Å². The highest BCUT2D eigenvalue weighted by Crippen LogP contribution is 2.51. The summed E-state index contributed by atoms with van der Waals surface area (Å²) in [7, 11) is 0. The number of benzene rings is 2. The molecule has 182 valence electrons. The number of carboxylic acid groups (broad SMARTS) is 1. The maximum atomic E-state index is 13.3. The summed E-state index contributed by atoms with van der Waals surface area (Å²) < 4.78 is 17.2. The minimum absolute atomic E-state index is 0.00138. The Bertz CT molecular complexity index is 1340. The summed E-state index contributed by atoms with van der Waals surface area (Å²) in [6.45, 7) is 4.75. The number of rotatable bonds is 6. The number of pyridine rings is 1. The number of nitrogens with zero attached hydrogens (tertiary/aromatic N) is 1. The second kappa shape index (κ2) is 9.24. The SMILES string of the molecule is CCOCc1c(O)c(C(=O)O)c(C)c2c1OC(=O)c1c(C)cc(O)c(C(N)c3ccccn3)c1O2. The monoisotopic (exact) mass is 480 g/mol. The quantitative estimate of drug-likeness (QED) is 0.302. The van der Waals surface area contributed by atoms with Gasteiger partial charge in [0, 0.05) is 18.4 Å². The van der Waals surface area contributed by atoms with E-state index in [2.05, 4.69) is 4.98 Å². The minimum Gasteiger partial charge on any atom is -0.507 e. The van der Waals surface area contributed by atoms with Gasteiger partial charge in [-0.05, 0) is 44.5 Å². The Morgan fingerprint density at radius 3 is 2.54 bits per heavy atom. The number of aromatic hydroxyl groups is 2. The summed E-state index contributed by atoms with van der Waals surface area (Å²) in [6, 6.07) is 5.47. The molecule has 0 spiro atoms. The lowest BCUT2D eigenvalue weighted by Crippen LogP contribution is -2.17. The second-order valence-corrected chi connectivity index (χ2v) is 7.98. The van der Waals surface area contributed by atoms with Crippen LogP contribution < -0.4 is 15.2 Å². The van der Waals surface area contributed by atoms with Crippen LogP contribution in [0.2, 0.25) is 0 Å². The van der Waals surface area contributed by atoms with Crippen LogP contribution in [0.15, 0.2) is 30.5 Å². The van der Waals surface area contributed by atoms with Gasteiger partial charge in [-0.3, -0.25) is 4.98 Å². The number of phenols is 2. The van der Waals surface area contributed by atoms with E-state index in [0.717, 1.165) is 0 Å². The molecule has 0 saturated heterocycles. The largest absolute Gasteiger partial charge is 0.507 e. The topological polar surface area (TPSA) is 161 Å². The van der Waals surface area contributed by atoms with E-state index in [-0.39, 0.29) is 58.5 Å². The van der Waals surface area contributed by atoms with Crippen LogP contribution in [0, 0.1) is 13.8 Å². The lowest BCUT2D eigenvalue weighted by Gasteiger charge is -2.21. The molecule has 0 fully saturated rings. The van der Waals surface area contributed by atoms with Crippen molar-refractivity contribution < 1.29 is 39.1 Å². The van der Waals surface area contributed by atoms with Gasteiger partial charge >= 0.3 is 11.9 Å². The van der Waals surface area contributed by atoms with Crippen LogP contribution in [-0.4, -0.2) is 38.8 Å². The van der Waals surface area contributed by atoms with Gasteiger partial charge in [0.1, 0.15) is 22.6 Å². The summed E-state index contributed by atoms with van der Waals surface area (Å²) >= 11 is 0. The summed E-state index contributed by atoms with van der Waals surface area (Å²) in [5.41, 5.74) is 6.80. The molecule has 1 aromatic heterocycles. The molecule has 2 heterocycles. The number of nitrogens with two attached hydrogens (primary N) is 1. The third-order valence-electron chi connectivity index (χ3n) is 5.80. The highest BCUT2D eigenvalue weighted by Gasteiger charge is 2.36. The summed E-state index contributed by atoms with van der Waals surface area (Å²) in [5, 5.41) is 31.3. The van der Waals surface area contributed by atoms with E-state index in [0.29, 0.717) is 11.3 Å². The summed E-state index contributed by atoms with van der Waals surface area (Å²) in [4.78, 5) is 29.5. The van der Waals surface area contributed by atoms with Crippen LogP contribution in [0.25, 0.3) is 0 Å². The van der Waals surface area contributed by atoms with Crippen LogP contribution in [0.4, 0.5) is 0 Å². The molecule has 0 bridgehead atoms. The Morgan fingerprint density at radius 2 is 1.91 bits per heavy atom. The lowest BCUT2D eigenvalue weighted by atomic mass is 9.95. The van der Waals surface area contributed by atoms with E-state index >= 15 is 0 Å². The van der Waals surface area contributed by atoms with Crippen LogP contribution in [0.3, 0.4) is 0 Å². The fourth-order valence-electron chi connectivity index (χ4n) is 4.09. The molecule has 0 amide bonds. The van der Waals surface area contributed by atoms with Crippen molar-refractivity contribution >= 4 is 11.9 Å². The predicted molar refractivity (Wildman–Crippen MR) is 123 cm³/mol. The molecule has 0 aliphatic carbocycles. The van der Waals surface area contributed by atoms with Crippen molar-refractivity contribution in [1.29, 1.82) is 0 Å². The Hall–Kier alpha value is -4.15. The molecule has 1 unspecified atom stereocenters. The highest BCUT2D eigenvalue weighted by molar-refractivity contribution is 6.00. The zero-order valence-electron chi connectivity index (χ0n) is 19.3. The van der Waals surface area contributed by atoms with Gasteiger partial charge in [-0.25, -0.2) is 9.59 Å². The maximum Gasteiger partial charge on any atom is 0.347 e. The maximum absolute atomic E-state index is 13.3. The molecule has 1 aliphatic rings. The van der Waals surface area contributed by atoms with Gasteiger partial charge in [0.05, 0.1) is 29.5 Å². The van der Waals surface area contributed by atoms with Crippen molar-refractivity contribution in [2.45, 2.75) is 33.4 Å². The van der Waals surface area contributed by atoms with E-state index in [9.17, 15) is 24.9 Å². The first-order valence-corrected chi connectivity index (χ1v) is 10.8. The van der Waals surface area contributed by atoms with E-state index < -0.39 is 29.3 Å². The Labute approximate surface area is 200 Å². The molecular weight excluding hydrogens is 456 g/mol. The molecule has 35 heavy (non-hydrogen) atoms. The number of carbonyl (C=O) groups excluding carboxylic acids is 1. The standard InChI is InChI=1S/C25H24N2O8/c1-4-33-10-13-20(29)17(24(30)31)12(3)21-22(13)35-25(32)16-11(2)9-15(28)18(23(16)34-21)19(26)14-7-5-6-8-27-14/h5-9,19,28-29H,4,10,26H2,1-3H3,(H,30,31). The summed E-state index contributed by atoms with van der Waals surface area (Å²) in [5.74, 6) is -3.42. The van der Waals surface area contributed by atoms with Gasteiger partial charge < -0.3 is 35.3 Å². The first-order valence-electron chi connectivity index (χ1n) is 10.8. The normalized spacial score (nSPS) is 13.2. The lowest BCUT2D eigenvalue weighted by molar-refractivity contribution is 0.0691. The van der Waals surface area contributed by atoms with Crippen molar-refractivity contribution in [2.24, 2.45) is 5.73 Å².